The fourth-order valence-electron chi connectivity index (χ4n) is 1.31. The van der Waals surface area contributed by atoms with E-state index in [4.69, 9.17) is 4.74 Å². The largest absolute Gasteiger partial charge is 0.452 e. The molecule has 108 valence electrons. The molecule has 1 aromatic rings. The molecule has 1 rings (SSSR count). The first-order valence-corrected chi connectivity index (χ1v) is 7.11. The number of rotatable bonds is 5. The number of carbonyl (C=O) groups is 2. The van der Waals surface area contributed by atoms with Crippen molar-refractivity contribution >= 4 is 23.6 Å². The van der Waals surface area contributed by atoms with E-state index < -0.39 is 5.97 Å². The third kappa shape index (κ3) is 7.63. The van der Waals surface area contributed by atoms with Gasteiger partial charge >= 0.3 is 5.97 Å². The standard InChI is InChI=1S/C15H19NO3S/c1-15(2,3)16-13(17)11-19-14(18)9-10-20-12-7-5-4-6-8-12/h4-10H,11H2,1-3H3,(H,16,17)/b10-9+. The monoisotopic (exact) mass is 293 g/mol. The molecular formula is C15H19NO3S. The van der Waals surface area contributed by atoms with Crippen molar-refractivity contribution in [3.63, 3.8) is 0 Å². The lowest BCUT2D eigenvalue weighted by Gasteiger charge is -2.20. The predicted molar refractivity (Wildman–Crippen MR) is 80.3 cm³/mol. The van der Waals surface area contributed by atoms with Crippen LogP contribution in [0.2, 0.25) is 0 Å². The number of ether oxygens (including phenoxy) is 1. The molecule has 1 aromatic carbocycles. The highest BCUT2D eigenvalue weighted by atomic mass is 32.2. The number of carbonyl (C=O) groups excluding carboxylic acids is 2. The molecule has 0 unspecified atom stereocenters. The van der Waals surface area contributed by atoms with Gasteiger partial charge in [-0.3, -0.25) is 4.79 Å². The van der Waals surface area contributed by atoms with Crippen LogP contribution < -0.4 is 5.32 Å². The molecule has 5 heteroatoms. The Balaban J connectivity index is 2.28. The maximum Gasteiger partial charge on any atom is 0.331 e. The van der Waals surface area contributed by atoms with E-state index in [9.17, 15) is 9.59 Å². The van der Waals surface area contributed by atoms with E-state index in [0.29, 0.717) is 0 Å². The Morgan fingerprint density at radius 1 is 1.25 bits per heavy atom. The van der Waals surface area contributed by atoms with E-state index >= 15 is 0 Å². The van der Waals surface area contributed by atoms with Crippen molar-refractivity contribution in [3.05, 3.63) is 41.8 Å². The van der Waals surface area contributed by atoms with Crippen LogP contribution in [0.3, 0.4) is 0 Å². The predicted octanol–water partition coefficient (Wildman–Crippen LogP) is 2.75. The van der Waals surface area contributed by atoms with Crippen molar-refractivity contribution in [1.82, 2.24) is 5.32 Å². The molecule has 0 aromatic heterocycles. The fourth-order valence-corrected chi connectivity index (χ4v) is 1.96. The van der Waals surface area contributed by atoms with Crippen LogP contribution in [0.25, 0.3) is 0 Å². The molecule has 0 atom stereocenters. The summed E-state index contributed by atoms with van der Waals surface area (Å²) in [6.07, 6.45) is 1.31. The average molecular weight is 293 g/mol. The summed E-state index contributed by atoms with van der Waals surface area (Å²) < 4.78 is 4.84. The highest BCUT2D eigenvalue weighted by molar-refractivity contribution is 8.02. The summed E-state index contributed by atoms with van der Waals surface area (Å²) in [6, 6.07) is 9.65. The second-order valence-corrected chi connectivity index (χ2v) is 6.12. The van der Waals surface area contributed by atoms with Crippen molar-refractivity contribution in [3.8, 4) is 0 Å². The number of benzene rings is 1. The van der Waals surface area contributed by atoms with E-state index in [-0.39, 0.29) is 18.1 Å². The fraction of sp³-hybridized carbons (Fsp3) is 0.333. The lowest BCUT2D eigenvalue weighted by Crippen LogP contribution is -2.42. The highest BCUT2D eigenvalue weighted by Crippen LogP contribution is 2.17. The van der Waals surface area contributed by atoms with E-state index in [1.807, 2.05) is 51.1 Å². The van der Waals surface area contributed by atoms with Gasteiger partial charge in [-0.1, -0.05) is 30.0 Å². The Labute approximate surface area is 123 Å². The minimum atomic E-state index is -0.530. The summed E-state index contributed by atoms with van der Waals surface area (Å²) in [5.74, 6) is -0.840. The first-order chi connectivity index (χ1) is 9.37. The third-order valence-corrected chi connectivity index (χ3v) is 2.83. The molecule has 4 nitrogen and oxygen atoms in total. The van der Waals surface area contributed by atoms with Crippen molar-refractivity contribution in [2.24, 2.45) is 0 Å². The quantitative estimate of drug-likeness (QED) is 0.515. The number of nitrogens with one attached hydrogen (secondary N) is 1. The molecule has 0 radical (unpaired) electrons. The van der Waals surface area contributed by atoms with Gasteiger partial charge < -0.3 is 10.1 Å². The van der Waals surface area contributed by atoms with Gasteiger partial charge in [-0.15, -0.1) is 0 Å². The van der Waals surface area contributed by atoms with Gasteiger partial charge in [0.15, 0.2) is 6.61 Å². The summed E-state index contributed by atoms with van der Waals surface area (Å²) in [5.41, 5.74) is -0.331. The van der Waals surface area contributed by atoms with Gasteiger partial charge in [-0.05, 0) is 38.3 Å². The van der Waals surface area contributed by atoms with E-state index in [1.54, 1.807) is 5.41 Å². The molecule has 0 aliphatic heterocycles. The highest BCUT2D eigenvalue weighted by Gasteiger charge is 2.14. The lowest BCUT2D eigenvalue weighted by molar-refractivity contribution is -0.144. The Bertz CT molecular complexity index is 478. The van der Waals surface area contributed by atoms with Crippen molar-refractivity contribution in [2.45, 2.75) is 31.2 Å². The van der Waals surface area contributed by atoms with Gasteiger partial charge in [0.2, 0.25) is 0 Å². The molecule has 0 spiro atoms. The van der Waals surface area contributed by atoms with E-state index in [0.717, 1.165) is 4.90 Å². The Morgan fingerprint density at radius 2 is 1.90 bits per heavy atom. The lowest BCUT2D eigenvalue weighted by atomic mass is 10.1. The summed E-state index contributed by atoms with van der Waals surface area (Å²) in [5, 5.41) is 4.35. The Kier molecular flexibility index (Phi) is 6.31. The van der Waals surface area contributed by atoms with Crippen LogP contribution in [0.15, 0.2) is 46.7 Å². The molecule has 0 bridgehead atoms. The van der Waals surface area contributed by atoms with Crippen molar-refractivity contribution in [2.75, 3.05) is 6.61 Å². The summed E-state index contributed by atoms with van der Waals surface area (Å²) >= 11 is 1.41. The molecule has 0 heterocycles. The van der Waals surface area contributed by atoms with Crippen molar-refractivity contribution < 1.29 is 14.3 Å². The van der Waals surface area contributed by atoms with Crippen LogP contribution in [0.1, 0.15) is 20.8 Å². The molecule has 0 saturated heterocycles. The third-order valence-electron chi connectivity index (χ3n) is 2.01. The number of thioether (sulfide) groups is 1. The number of esters is 1. The van der Waals surface area contributed by atoms with Gasteiger partial charge in [0.25, 0.3) is 5.91 Å². The van der Waals surface area contributed by atoms with Gasteiger partial charge in [-0.2, -0.15) is 0 Å². The molecule has 1 amide bonds. The summed E-state index contributed by atoms with van der Waals surface area (Å²) in [7, 11) is 0. The minimum absolute atomic E-state index is 0.267. The first kappa shape index (κ1) is 16.3. The van der Waals surface area contributed by atoms with Crippen molar-refractivity contribution in [1.29, 1.82) is 0 Å². The topological polar surface area (TPSA) is 55.4 Å². The van der Waals surface area contributed by atoms with Gasteiger partial charge in [0.05, 0.1) is 0 Å². The normalized spacial score (nSPS) is 11.3. The van der Waals surface area contributed by atoms with Crippen LogP contribution in [0, 0.1) is 0 Å². The molecular weight excluding hydrogens is 274 g/mol. The molecule has 0 fully saturated rings. The second-order valence-electron chi connectivity index (χ2n) is 5.14. The first-order valence-electron chi connectivity index (χ1n) is 6.23. The number of hydrogen-bond donors (Lipinski definition) is 1. The zero-order valence-electron chi connectivity index (χ0n) is 11.9. The SMILES string of the molecule is CC(C)(C)NC(=O)COC(=O)/C=C/Sc1ccccc1. The average Bonchev–Trinajstić information content (AvgIpc) is 2.36. The zero-order chi connectivity index (χ0) is 15.0. The van der Waals surface area contributed by atoms with E-state index in [1.165, 1.54) is 17.8 Å². The molecule has 0 saturated carbocycles. The maximum atomic E-state index is 11.4. The Hall–Kier alpha value is -1.75. The molecule has 1 N–H and O–H groups in total. The molecule has 20 heavy (non-hydrogen) atoms. The number of hydrogen-bond acceptors (Lipinski definition) is 4. The molecule has 0 aliphatic carbocycles. The van der Waals surface area contributed by atoms with Crippen LogP contribution in [0.4, 0.5) is 0 Å². The minimum Gasteiger partial charge on any atom is -0.452 e. The van der Waals surface area contributed by atoms with Gasteiger partial charge in [-0.25, -0.2) is 4.79 Å². The van der Waals surface area contributed by atoms with Crippen LogP contribution >= 0.6 is 11.8 Å². The maximum absolute atomic E-state index is 11.4. The molecule has 0 aliphatic rings. The number of amides is 1. The van der Waals surface area contributed by atoms with E-state index in [2.05, 4.69) is 5.32 Å². The zero-order valence-corrected chi connectivity index (χ0v) is 12.7. The smallest absolute Gasteiger partial charge is 0.331 e. The van der Waals surface area contributed by atoms with Gasteiger partial charge in [0, 0.05) is 16.5 Å². The Morgan fingerprint density at radius 3 is 2.50 bits per heavy atom. The van der Waals surface area contributed by atoms with Crippen LogP contribution in [-0.2, 0) is 14.3 Å². The summed E-state index contributed by atoms with van der Waals surface area (Å²) in [4.78, 5) is 23.9. The van der Waals surface area contributed by atoms with Gasteiger partial charge in [0.1, 0.15) is 0 Å². The van der Waals surface area contributed by atoms with Crippen LogP contribution in [-0.4, -0.2) is 24.0 Å². The van der Waals surface area contributed by atoms with Crippen LogP contribution in [0.5, 0.6) is 0 Å². The second kappa shape index (κ2) is 7.75. The summed E-state index contributed by atoms with van der Waals surface area (Å²) in [6.45, 7) is 5.33.